The first-order valence-corrected chi connectivity index (χ1v) is 12.5. The van der Waals surface area contributed by atoms with Crippen LogP contribution in [0, 0.1) is 0 Å². The Hall–Kier alpha value is 0.479. The van der Waals surface area contributed by atoms with Crippen LogP contribution in [-0.4, -0.2) is 12.2 Å². The summed E-state index contributed by atoms with van der Waals surface area (Å²) in [5.74, 6) is 0. The second kappa shape index (κ2) is 0.341. The Balaban J connectivity index is 0.000000233. The molecule has 2 heteroatoms. The molecule has 0 aliphatic carbocycles. The van der Waals surface area contributed by atoms with E-state index in [4.69, 9.17) is 5.11 Å². The van der Waals surface area contributed by atoms with Gasteiger partial charge in [0.05, 0.1) is 0 Å². The van der Waals surface area contributed by atoms with Crippen LogP contribution < -0.4 is 0 Å². The Kier molecular flexibility index (Phi) is 0.127. The van der Waals surface area contributed by atoms with Gasteiger partial charge in [0, 0.05) is 7.11 Å². The molecule has 0 amide bonds. The predicted molar refractivity (Wildman–Crippen MR) is 50.3 cm³/mol. The van der Waals surface area contributed by atoms with Gasteiger partial charge in [0.2, 0.25) is 0 Å². The van der Waals surface area contributed by atoms with E-state index in [9.17, 15) is 0 Å². The van der Waals surface area contributed by atoms with Crippen LogP contribution in [0.1, 0.15) is 6.92 Å². The molecule has 10 rings (SSSR count). The Labute approximate surface area is 73.5 Å². The van der Waals surface area contributed by atoms with Crippen molar-refractivity contribution in [1.29, 1.82) is 0 Å². The molecule has 0 bridgehead atoms. The zero-order valence-electron chi connectivity index (χ0n) is 8.50. The summed E-state index contributed by atoms with van der Waals surface area (Å²) in [6.45, 7) is 0.365. The molecule has 10 aliphatic heterocycles. The third-order valence-corrected chi connectivity index (χ3v) is 59.2. The van der Waals surface area contributed by atoms with Crippen molar-refractivity contribution in [3.8, 4) is 0 Å². The van der Waals surface area contributed by atoms with Gasteiger partial charge >= 0.3 is 61.1 Å². The van der Waals surface area contributed by atoms with Gasteiger partial charge in [-0.2, -0.15) is 0 Å². The summed E-state index contributed by atoms with van der Waals surface area (Å²) in [4.78, 5) is 14.0. The quantitative estimate of drug-likeness (QED) is 0.635. The van der Waals surface area contributed by atoms with Crippen molar-refractivity contribution in [1.82, 2.24) is 0 Å². The van der Waals surface area contributed by atoms with Crippen LogP contribution >= 0.6 is 0 Å². The van der Waals surface area contributed by atoms with Crippen molar-refractivity contribution >= 4 is 0 Å². The van der Waals surface area contributed by atoms with Crippen molar-refractivity contribution in [2.75, 3.05) is 7.11 Å². The summed E-state index contributed by atoms with van der Waals surface area (Å²) < 4.78 is 1.19. The van der Waals surface area contributed by atoms with Crippen LogP contribution in [0.5, 0.6) is 0 Å². The van der Waals surface area contributed by atoms with Gasteiger partial charge in [0.1, 0.15) is 0 Å². The second-order valence-electron chi connectivity index (χ2n) is 10.1. The van der Waals surface area contributed by atoms with Crippen LogP contribution in [0.25, 0.3) is 0 Å². The van der Waals surface area contributed by atoms with Crippen molar-refractivity contribution < 1.29 is 11.6 Å². The van der Waals surface area contributed by atoms with Crippen LogP contribution in [0.4, 0.5) is 0 Å². The summed E-state index contributed by atoms with van der Waals surface area (Å²) in [6.07, 6.45) is 0. The second-order valence-corrected chi connectivity index (χ2v) is 33.9. The van der Waals surface area contributed by atoms with Gasteiger partial charge in [-0.1, -0.05) is 0 Å². The molecule has 78 valence electrons. The SMILES string of the molecule is CO.C[C]12[CH]3[CH]4[CH]5[CH]1[Fe]45321678[CH]2[CH]1[CH]6[CH]7[CH]28. The fraction of sp³-hybridized carbons (Fsp3) is 1.00. The van der Waals surface area contributed by atoms with E-state index in [1.165, 1.54) is 13.9 Å². The topological polar surface area (TPSA) is 20.2 Å². The number of hydrogen-bond acceptors (Lipinski definition) is 1. The van der Waals surface area contributed by atoms with E-state index in [1.807, 2.05) is 0 Å². The monoisotopic (exact) mass is 232 g/mol. The number of hydrogen-bond donors (Lipinski definition) is 1. The van der Waals surface area contributed by atoms with Crippen LogP contribution in [-0.2, 0) is 6.51 Å². The Morgan fingerprint density at radius 2 is 1.14 bits per heavy atom. The number of aliphatic hydroxyl groups excluding tert-OH is 1. The fourth-order valence-electron chi connectivity index (χ4n) is 17.3. The van der Waals surface area contributed by atoms with Gasteiger partial charge in [0.25, 0.3) is 0 Å². The summed E-state index contributed by atoms with van der Waals surface area (Å²) >= 11 is 0. The molecule has 1 nitrogen and oxygen atoms in total. The molecule has 10 heterocycles. The molecule has 0 aromatic heterocycles. The molecule has 0 saturated carbocycles. The van der Waals surface area contributed by atoms with Crippen molar-refractivity contribution in [3.63, 3.8) is 0 Å². The molecule has 10 fully saturated rings. The summed E-state index contributed by atoms with van der Waals surface area (Å²) in [5, 5.41) is 7.00. The summed E-state index contributed by atoms with van der Waals surface area (Å²) in [6, 6.07) is 0. The van der Waals surface area contributed by atoms with Gasteiger partial charge in [0.15, 0.2) is 0 Å². The van der Waals surface area contributed by atoms with E-state index in [1.54, 1.807) is 33.7 Å². The molecule has 4 atom stereocenters. The Bertz CT molecular complexity index is 755. The van der Waals surface area contributed by atoms with E-state index in [2.05, 4.69) is 6.92 Å². The predicted octanol–water partition coefficient (Wildman–Crippen LogP) is 3.37. The zero-order chi connectivity index (χ0) is 9.01. The minimum atomic E-state index is -2.45. The van der Waals surface area contributed by atoms with E-state index in [0.717, 1.165) is 7.11 Å². The van der Waals surface area contributed by atoms with Gasteiger partial charge in [-0.15, -0.1) is 0 Å². The fourth-order valence-corrected chi connectivity index (χ4v) is 92.6. The van der Waals surface area contributed by atoms with Crippen molar-refractivity contribution in [2.45, 2.75) is 54.6 Å². The maximum atomic E-state index is 7.00. The molecular formula is C12H16FeO. The Morgan fingerprint density at radius 1 is 0.786 bits per heavy atom. The first kappa shape index (κ1) is 5.21. The molecule has 10 saturated heterocycles. The van der Waals surface area contributed by atoms with Gasteiger partial charge < -0.3 is 5.11 Å². The number of rotatable bonds is 0. The van der Waals surface area contributed by atoms with E-state index in [-0.39, 0.29) is 0 Å². The normalized spacial score (nSPS) is 141. The van der Waals surface area contributed by atoms with E-state index in [0.29, 0.717) is 0 Å². The van der Waals surface area contributed by atoms with Crippen LogP contribution in [0.3, 0.4) is 0 Å². The summed E-state index contributed by atoms with van der Waals surface area (Å²) in [7, 11) is 1.00. The molecule has 1 N–H and O–H groups in total. The van der Waals surface area contributed by atoms with Crippen molar-refractivity contribution in [3.05, 3.63) is 0 Å². The first-order valence-electron chi connectivity index (χ1n) is 6.21. The van der Waals surface area contributed by atoms with E-state index < -0.39 is 6.51 Å². The van der Waals surface area contributed by atoms with Gasteiger partial charge in [-0.3, -0.25) is 0 Å². The average Bonchev–Trinajstić information content (AvgIpc) is 3.14. The third kappa shape index (κ3) is 0.0361. The molecule has 0 aromatic carbocycles. The van der Waals surface area contributed by atoms with E-state index >= 15 is 0 Å². The summed E-state index contributed by atoms with van der Waals surface area (Å²) in [5.41, 5.74) is 0. The zero-order valence-corrected chi connectivity index (χ0v) is 9.60. The molecule has 0 aromatic rings. The third-order valence-electron chi connectivity index (χ3n) is 15.4. The minimum absolute atomic E-state index is 1.00. The van der Waals surface area contributed by atoms with Gasteiger partial charge in [-0.05, 0) is 0 Å². The first-order chi connectivity index (χ1) is 6.55. The molecular weight excluding hydrogens is 216 g/mol. The molecule has 10 aliphatic rings. The van der Waals surface area contributed by atoms with Gasteiger partial charge in [-0.25, -0.2) is 0 Å². The molecule has 14 heavy (non-hydrogen) atoms. The van der Waals surface area contributed by atoms with Crippen molar-refractivity contribution in [2.24, 2.45) is 0 Å². The maximum absolute atomic E-state index is 7.00. The average molecular weight is 232 g/mol. The van der Waals surface area contributed by atoms with Crippen LogP contribution in [0.2, 0.25) is 47.7 Å². The standard InChI is InChI=1S/C6H7.C5H5.CH4O.Fe/c1-6-4-2-3-5-6;1-2-4-5-3-1;1-2;/h2-5H,1H3;1-5H;2H,1H3;. The van der Waals surface area contributed by atoms with Crippen LogP contribution in [0.15, 0.2) is 0 Å². The molecule has 1 spiro atoms. The molecule has 4 unspecified atom stereocenters. The molecule has 0 radical (unpaired) electrons. The Morgan fingerprint density at radius 3 is 1.14 bits per heavy atom. The number of aliphatic hydroxyl groups is 1. The number of fused-ring (bicyclic) bond motifs is 10.